The number of carbonyl (C=O) groups excluding carboxylic acids is 1. The molecule has 0 aliphatic carbocycles. The summed E-state index contributed by atoms with van der Waals surface area (Å²) in [7, 11) is 1.77. The van der Waals surface area contributed by atoms with Crippen LogP contribution in [0.25, 0.3) is 0 Å². The Morgan fingerprint density at radius 2 is 1.83 bits per heavy atom. The van der Waals surface area contributed by atoms with E-state index >= 15 is 0 Å². The van der Waals surface area contributed by atoms with Crippen LogP contribution in [0.4, 0.5) is 4.79 Å². The summed E-state index contributed by atoms with van der Waals surface area (Å²) in [5.74, 6) is 0.662. The number of amides is 1. The second-order valence-electron chi connectivity index (χ2n) is 8.40. The highest BCUT2D eigenvalue weighted by atomic mass is 16.6. The number of nitrogens with zero attached hydrogens (tertiary/aromatic N) is 3. The van der Waals surface area contributed by atoms with Gasteiger partial charge in [0.25, 0.3) is 0 Å². The summed E-state index contributed by atoms with van der Waals surface area (Å²) in [5.41, 5.74) is 1.46. The third kappa shape index (κ3) is 8.25. The molecule has 2 aliphatic rings. The molecule has 168 valence electrons. The summed E-state index contributed by atoms with van der Waals surface area (Å²) in [4.78, 5) is 21.6. The van der Waals surface area contributed by atoms with Gasteiger partial charge in [-0.05, 0) is 77.3 Å². The van der Waals surface area contributed by atoms with Gasteiger partial charge in [0.05, 0.1) is 6.61 Å². The predicted octanol–water partition coefficient (Wildman–Crippen LogP) is 4.38. The zero-order valence-electron chi connectivity index (χ0n) is 19.0. The lowest BCUT2D eigenvalue weighted by atomic mass is 9.88. The van der Waals surface area contributed by atoms with Gasteiger partial charge in [0.2, 0.25) is 0 Å². The number of hydrogen-bond donors (Lipinski definition) is 0. The van der Waals surface area contributed by atoms with Crippen molar-refractivity contribution in [2.24, 2.45) is 10.9 Å². The average Bonchev–Trinajstić information content (AvgIpc) is 2.99. The molecule has 0 spiro atoms. The predicted molar refractivity (Wildman–Crippen MR) is 119 cm³/mol. The number of likely N-dealkylation sites (tertiary alicyclic amines) is 2. The first-order valence-corrected chi connectivity index (χ1v) is 11.9. The van der Waals surface area contributed by atoms with E-state index in [1.54, 1.807) is 7.11 Å². The van der Waals surface area contributed by atoms with E-state index < -0.39 is 0 Å². The number of ether oxygens (including phenoxy) is 2. The Labute approximate surface area is 178 Å². The molecule has 0 bridgehead atoms. The summed E-state index contributed by atoms with van der Waals surface area (Å²) in [5, 5.41) is 0. The van der Waals surface area contributed by atoms with Crippen LogP contribution in [0, 0.1) is 5.92 Å². The van der Waals surface area contributed by atoms with Crippen LogP contribution < -0.4 is 0 Å². The summed E-state index contributed by atoms with van der Waals surface area (Å²) in [6, 6.07) is 0.607. The zero-order valence-corrected chi connectivity index (χ0v) is 19.0. The van der Waals surface area contributed by atoms with E-state index in [-0.39, 0.29) is 6.09 Å². The molecule has 0 unspecified atom stereocenters. The molecule has 0 aromatic rings. The van der Waals surface area contributed by atoms with Gasteiger partial charge in [0.1, 0.15) is 0 Å². The van der Waals surface area contributed by atoms with E-state index in [2.05, 4.69) is 11.8 Å². The highest BCUT2D eigenvalue weighted by Crippen LogP contribution is 2.26. The summed E-state index contributed by atoms with van der Waals surface area (Å²) >= 11 is 0. The van der Waals surface area contributed by atoms with Crippen LogP contribution in [0.3, 0.4) is 0 Å². The molecular formula is C23H43N3O3. The normalized spacial score (nSPS) is 22.5. The molecule has 6 nitrogen and oxygen atoms in total. The number of hydrogen-bond acceptors (Lipinski definition) is 5. The van der Waals surface area contributed by atoms with E-state index in [0.717, 1.165) is 58.3 Å². The molecular weight excluding hydrogens is 366 g/mol. The Hall–Kier alpha value is -1.14. The molecule has 0 N–H and O–H groups in total. The summed E-state index contributed by atoms with van der Waals surface area (Å²) in [6.45, 7) is 10.4. The van der Waals surface area contributed by atoms with E-state index in [1.165, 1.54) is 44.5 Å². The Morgan fingerprint density at radius 3 is 2.52 bits per heavy atom. The van der Waals surface area contributed by atoms with E-state index in [1.807, 2.05) is 11.8 Å². The van der Waals surface area contributed by atoms with Crippen molar-refractivity contribution < 1.29 is 14.3 Å². The molecule has 0 aromatic carbocycles. The second kappa shape index (κ2) is 14.0. The van der Waals surface area contributed by atoms with Crippen LogP contribution >= 0.6 is 0 Å². The number of methoxy groups -OCH3 is 1. The first-order chi connectivity index (χ1) is 14.2. The van der Waals surface area contributed by atoms with Crippen molar-refractivity contribution in [2.45, 2.75) is 77.7 Å². The Bertz CT molecular complexity index is 490. The van der Waals surface area contributed by atoms with Crippen LogP contribution in [0.5, 0.6) is 0 Å². The van der Waals surface area contributed by atoms with Gasteiger partial charge in [0, 0.05) is 45.1 Å². The number of rotatable bonds is 10. The maximum atomic E-state index is 12.0. The fraction of sp³-hybridized carbons (Fsp3) is 0.913. The highest BCUT2D eigenvalue weighted by Gasteiger charge is 2.29. The van der Waals surface area contributed by atoms with Gasteiger partial charge in [-0.1, -0.05) is 13.3 Å². The fourth-order valence-corrected chi connectivity index (χ4v) is 4.69. The average molecular weight is 410 g/mol. The standard InChI is InChI=1S/C23H43N3O3/c1-4-9-22(24-14-6-7-19-28-3)20-11-16-25(17-12-20)21-10-8-15-26(18-13-21)23(27)29-5-2/h20-21H,4-19H2,1-3H3/t21-/m0/s1. The molecule has 0 aromatic heterocycles. The third-order valence-electron chi connectivity index (χ3n) is 6.32. The molecule has 0 radical (unpaired) electrons. The largest absolute Gasteiger partial charge is 0.450 e. The molecule has 2 aliphatic heterocycles. The first kappa shape index (κ1) is 24.1. The van der Waals surface area contributed by atoms with Crippen molar-refractivity contribution in [1.29, 1.82) is 0 Å². The lowest BCUT2D eigenvalue weighted by Crippen LogP contribution is -2.43. The number of aliphatic imine (C=N–C) groups is 1. The van der Waals surface area contributed by atoms with Crippen molar-refractivity contribution in [3.8, 4) is 0 Å². The quantitative estimate of drug-likeness (QED) is 0.397. The SMILES string of the molecule is CCCC(=NCCCCOC)C1CCN([C@H]2CCCN(C(=O)OCC)CC2)CC1. The van der Waals surface area contributed by atoms with Crippen LogP contribution in [-0.2, 0) is 9.47 Å². The molecule has 1 amide bonds. The topological polar surface area (TPSA) is 54.4 Å². The lowest BCUT2D eigenvalue weighted by Gasteiger charge is -2.37. The summed E-state index contributed by atoms with van der Waals surface area (Å²) in [6.07, 6.45) is 10.2. The van der Waals surface area contributed by atoms with E-state index in [9.17, 15) is 4.79 Å². The van der Waals surface area contributed by atoms with Crippen molar-refractivity contribution in [2.75, 3.05) is 53.0 Å². The van der Waals surface area contributed by atoms with Crippen LogP contribution in [0.2, 0.25) is 0 Å². The molecule has 2 fully saturated rings. The molecule has 2 saturated heterocycles. The van der Waals surface area contributed by atoms with Crippen LogP contribution in [-0.4, -0.2) is 80.7 Å². The maximum Gasteiger partial charge on any atom is 0.409 e. The van der Waals surface area contributed by atoms with Crippen molar-refractivity contribution >= 4 is 11.8 Å². The summed E-state index contributed by atoms with van der Waals surface area (Å²) < 4.78 is 10.3. The van der Waals surface area contributed by atoms with Gasteiger partial charge in [0.15, 0.2) is 0 Å². The van der Waals surface area contributed by atoms with Gasteiger partial charge < -0.3 is 19.3 Å². The Kier molecular flexibility index (Phi) is 11.6. The molecule has 2 heterocycles. The number of carbonyl (C=O) groups is 1. The molecule has 29 heavy (non-hydrogen) atoms. The van der Waals surface area contributed by atoms with Crippen molar-refractivity contribution in [3.05, 3.63) is 0 Å². The molecule has 2 rings (SSSR count). The van der Waals surface area contributed by atoms with Crippen LogP contribution in [0.15, 0.2) is 4.99 Å². The number of piperidine rings is 1. The molecule has 6 heteroatoms. The van der Waals surface area contributed by atoms with Gasteiger partial charge in [-0.15, -0.1) is 0 Å². The monoisotopic (exact) mass is 409 g/mol. The third-order valence-corrected chi connectivity index (χ3v) is 6.32. The lowest BCUT2D eigenvalue weighted by molar-refractivity contribution is 0.105. The number of unbranched alkanes of at least 4 members (excludes halogenated alkanes) is 1. The fourth-order valence-electron chi connectivity index (χ4n) is 4.69. The van der Waals surface area contributed by atoms with E-state index in [0.29, 0.717) is 18.6 Å². The second-order valence-corrected chi connectivity index (χ2v) is 8.40. The van der Waals surface area contributed by atoms with E-state index in [4.69, 9.17) is 14.5 Å². The van der Waals surface area contributed by atoms with Gasteiger partial charge in [-0.2, -0.15) is 0 Å². The Morgan fingerprint density at radius 1 is 1.03 bits per heavy atom. The minimum Gasteiger partial charge on any atom is -0.450 e. The Balaban J connectivity index is 1.79. The first-order valence-electron chi connectivity index (χ1n) is 11.9. The minimum atomic E-state index is -0.141. The van der Waals surface area contributed by atoms with Crippen molar-refractivity contribution in [3.63, 3.8) is 0 Å². The van der Waals surface area contributed by atoms with Crippen LogP contribution in [0.1, 0.15) is 71.6 Å². The molecule has 1 atom stereocenters. The van der Waals surface area contributed by atoms with Gasteiger partial charge >= 0.3 is 6.09 Å². The minimum absolute atomic E-state index is 0.141. The highest BCUT2D eigenvalue weighted by molar-refractivity contribution is 5.86. The maximum absolute atomic E-state index is 12.0. The van der Waals surface area contributed by atoms with Gasteiger partial charge in [-0.25, -0.2) is 4.79 Å². The zero-order chi connectivity index (χ0) is 20.9. The molecule has 0 saturated carbocycles. The van der Waals surface area contributed by atoms with Crippen molar-refractivity contribution in [1.82, 2.24) is 9.80 Å². The van der Waals surface area contributed by atoms with Gasteiger partial charge in [-0.3, -0.25) is 4.99 Å². The smallest absolute Gasteiger partial charge is 0.409 e.